The second kappa shape index (κ2) is 5.05. The normalized spacial score (nSPS) is 12.3. The fourth-order valence-corrected chi connectivity index (χ4v) is 1.69. The van der Waals surface area contributed by atoms with Gasteiger partial charge in [-0.05, 0) is 32.0 Å². The molecule has 1 aromatic carbocycles. The number of carboxylic acid groups (broad SMARTS) is 1. The highest BCUT2D eigenvalue weighted by molar-refractivity contribution is 5.98. The van der Waals surface area contributed by atoms with Gasteiger partial charge in [-0.3, -0.25) is 9.59 Å². The number of aliphatic carboxylic acids is 1. The number of aryl methyl sites for hydroxylation is 1. The number of carbonyl (C=O) groups is 2. The summed E-state index contributed by atoms with van der Waals surface area (Å²) in [6.45, 7) is 4.05. The monoisotopic (exact) mass is 262 g/mol. The van der Waals surface area contributed by atoms with E-state index in [1.165, 1.54) is 6.92 Å². The topological polar surface area (TPSA) is 97.1 Å². The second-order valence-electron chi connectivity index (χ2n) is 4.14. The lowest BCUT2D eigenvalue weighted by molar-refractivity contribution is -0.138. The van der Waals surface area contributed by atoms with Crippen molar-refractivity contribution >= 4 is 22.9 Å². The minimum absolute atomic E-state index is 0.365. The van der Waals surface area contributed by atoms with E-state index in [9.17, 15) is 9.59 Å². The summed E-state index contributed by atoms with van der Waals surface area (Å²) in [6, 6.07) is 4.04. The van der Waals surface area contributed by atoms with E-state index in [2.05, 4.69) is 15.6 Å². The maximum Gasteiger partial charge on any atom is 0.325 e. The fourth-order valence-electron chi connectivity index (χ4n) is 1.69. The number of hydrogen-bond donors (Lipinski definition) is 2. The molecule has 2 rings (SSSR count). The van der Waals surface area contributed by atoms with E-state index < -0.39 is 17.9 Å². The first-order chi connectivity index (χ1) is 9.02. The predicted molar refractivity (Wildman–Crippen MR) is 67.8 cm³/mol. The third-order valence-electron chi connectivity index (χ3n) is 2.79. The second-order valence-corrected chi connectivity index (χ2v) is 4.14. The van der Waals surface area contributed by atoms with Gasteiger partial charge in [0.1, 0.15) is 11.6 Å². The van der Waals surface area contributed by atoms with Crippen LogP contribution in [0.15, 0.2) is 18.2 Å². The number of aromatic nitrogens is 3. The molecule has 0 bridgehead atoms. The Hall–Kier alpha value is -2.44. The maximum absolute atomic E-state index is 11.9. The first kappa shape index (κ1) is 13.0. The zero-order valence-electron chi connectivity index (χ0n) is 10.6. The van der Waals surface area contributed by atoms with Crippen molar-refractivity contribution in [3.63, 3.8) is 0 Å². The highest BCUT2D eigenvalue weighted by atomic mass is 16.4. The zero-order valence-corrected chi connectivity index (χ0v) is 10.6. The van der Waals surface area contributed by atoms with Crippen LogP contribution in [0, 0.1) is 0 Å². The molecule has 100 valence electrons. The molecule has 0 aliphatic heterocycles. The molecule has 0 fully saturated rings. The fraction of sp³-hybridized carbons (Fsp3) is 0.333. The molecule has 1 amide bonds. The number of rotatable bonds is 4. The number of carboxylic acids is 1. The van der Waals surface area contributed by atoms with Crippen molar-refractivity contribution in [3.8, 4) is 0 Å². The van der Waals surface area contributed by atoms with Crippen LogP contribution in [0.1, 0.15) is 24.2 Å². The molecule has 0 aliphatic carbocycles. The van der Waals surface area contributed by atoms with Crippen molar-refractivity contribution in [1.82, 2.24) is 20.3 Å². The molecule has 2 aromatic rings. The molecule has 0 radical (unpaired) electrons. The molecule has 2 N–H and O–H groups in total. The number of carbonyl (C=O) groups excluding carboxylic acids is 1. The van der Waals surface area contributed by atoms with Gasteiger partial charge in [-0.15, -0.1) is 5.10 Å². The van der Waals surface area contributed by atoms with Gasteiger partial charge in [-0.1, -0.05) is 5.21 Å². The molecule has 1 aromatic heterocycles. The van der Waals surface area contributed by atoms with Gasteiger partial charge < -0.3 is 10.4 Å². The highest BCUT2D eigenvalue weighted by Crippen LogP contribution is 2.13. The summed E-state index contributed by atoms with van der Waals surface area (Å²) in [5.41, 5.74) is 1.81. The molecular weight excluding hydrogens is 248 g/mol. The van der Waals surface area contributed by atoms with Gasteiger partial charge in [-0.2, -0.15) is 0 Å². The Morgan fingerprint density at radius 3 is 2.84 bits per heavy atom. The summed E-state index contributed by atoms with van der Waals surface area (Å²) in [6.07, 6.45) is 0. The molecular formula is C12H14N4O3. The molecule has 1 heterocycles. The van der Waals surface area contributed by atoms with Crippen LogP contribution < -0.4 is 5.32 Å². The minimum atomic E-state index is -1.08. The average Bonchev–Trinajstić information content (AvgIpc) is 2.80. The Bertz CT molecular complexity index is 635. The Labute approximate surface area is 109 Å². The summed E-state index contributed by atoms with van der Waals surface area (Å²) in [5, 5.41) is 19.0. The lowest BCUT2D eigenvalue weighted by Gasteiger charge is -2.09. The van der Waals surface area contributed by atoms with Crippen molar-refractivity contribution in [2.24, 2.45) is 0 Å². The van der Waals surface area contributed by atoms with E-state index in [0.29, 0.717) is 17.6 Å². The smallest absolute Gasteiger partial charge is 0.325 e. The van der Waals surface area contributed by atoms with Crippen LogP contribution in [-0.2, 0) is 11.3 Å². The molecule has 0 aliphatic rings. The molecule has 1 atom stereocenters. The number of benzene rings is 1. The van der Waals surface area contributed by atoms with Gasteiger partial charge in [0.25, 0.3) is 5.91 Å². The van der Waals surface area contributed by atoms with Gasteiger partial charge in [0.2, 0.25) is 0 Å². The van der Waals surface area contributed by atoms with Gasteiger partial charge in [0, 0.05) is 12.1 Å². The number of hydrogen-bond acceptors (Lipinski definition) is 4. The third-order valence-corrected chi connectivity index (χ3v) is 2.79. The van der Waals surface area contributed by atoms with E-state index in [4.69, 9.17) is 5.11 Å². The summed E-state index contributed by atoms with van der Waals surface area (Å²) in [7, 11) is 0. The SMILES string of the molecule is CCn1nnc2cc(C(=O)N[C@@H](C)C(=O)O)ccc21. The van der Waals surface area contributed by atoms with Crippen molar-refractivity contribution < 1.29 is 14.7 Å². The zero-order chi connectivity index (χ0) is 14.0. The van der Waals surface area contributed by atoms with Crippen LogP contribution in [0.4, 0.5) is 0 Å². The van der Waals surface area contributed by atoms with Gasteiger partial charge >= 0.3 is 5.97 Å². The number of fused-ring (bicyclic) bond motifs is 1. The van der Waals surface area contributed by atoms with Gasteiger partial charge in [-0.25, -0.2) is 4.68 Å². The summed E-state index contributed by atoms with van der Waals surface area (Å²) < 4.78 is 1.72. The average molecular weight is 262 g/mol. The van der Waals surface area contributed by atoms with Gasteiger partial charge in [0.05, 0.1) is 5.52 Å². The molecule has 0 spiro atoms. The predicted octanol–water partition coefficient (Wildman–Crippen LogP) is 0.654. The molecule has 0 saturated heterocycles. The number of amides is 1. The lowest BCUT2D eigenvalue weighted by atomic mass is 10.1. The Morgan fingerprint density at radius 2 is 2.21 bits per heavy atom. The minimum Gasteiger partial charge on any atom is -0.480 e. The molecule has 7 heteroatoms. The molecule has 19 heavy (non-hydrogen) atoms. The van der Waals surface area contributed by atoms with Crippen molar-refractivity contribution in [3.05, 3.63) is 23.8 Å². The highest BCUT2D eigenvalue weighted by Gasteiger charge is 2.16. The van der Waals surface area contributed by atoms with Crippen LogP contribution in [-0.4, -0.2) is 38.0 Å². The largest absolute Gasteiger partial charge is 0.480 e. The summed E-state index contributed by atoms with van der Waals surface area (Å²) in [5.74, 6) is -1.52. The van der Waals surface area contributed by atoms with Crippen LogP contribution in [0.2, 0.25) is 0 Å². The van der Waals surface area contributed by atoms with E-state index in [0.717, 1.165) is 5.52 Å². The van der Waals surface area contributed by atoms with Crippen molar-refractivity contribution in [2.75, 3.05) is 0 Å². The van der Waals surface area contributed by atoms with E-state index in [1.54, 1.807) is 22.9 Å². The Kier molecular flexibility index (Phi) is 3.46. The Morgan fingerprint density at radius 1 is 1.47 bits per heavy atom. The van der Waals surface area contributed by atoms with Crippen LogP contribution >= 0.6 is 0 Å². The molecule has 7 nitrogen and oxygen atoms in total. The van der Waals surface area contributed by atoms with Crippen LogP contribution in [0.3, 0.4) is 0 Å². The standard InChI is InChI=1S/C12H14N4O3/c1-3-16-10-5-4-8(6-9(10)14-15-16)11(17)13-7(2)12(18)19/h4-7H,3H2,1-2H3,(H,13,17)(H,18,19)/t7-/m0/s1. The summed E-state index contributed by atoms with van der Waals surface area (Å²) in [4.78, 5) is 22.5. The first-order valence-corrected chi connectivity index (χ1v) is 5.90. The van der Waals surface area contributed by atoms with Crippen LogP contribution in [0.5, 0.6) is 0 Å². The van der Waals surface area contributed by atoms with E-state index in [1.807, 2.05) is 6.92 Å². The van der Waals surface area contributed by atoms with Gasteiger partial charge in [0.15, 0.2) is 0 Å². The Balaban J connectivity index is 2.26. The molecule has 0 saturated carbocycles. The first-order valence-electron chi connectivity index (χ1n) is 5.90. The third kappa shape index (κ3) is 2.54. The lowest BCUT2D eigenvalue weighted by Crippen LogP contribution is -2.38. The van der Waals surface area contributed by atoms with Crippen molar-refractivity contribution in [1.29, 1.82) is 0 Å². The van der Waals surface area contributed by atoms with E-state index in [-0.39, 0.29) is 0 Å². The van der Waals surface area contributed by atoms with E-state index >= 15 is 0 Å². The molecule has 0 unspecified atom stereocenters. The number of nitrogens with zero attached hydrogens (tertiary/aromatic N) is 3. The summed E-state index contributed by atoms with van der Waals surface area (Å²) >= 11 is 0. The quantitative estimate of drug-likeness (QED) is 0.843. The van der Waals surface area contributed by atoms with Crippen molar-refractivity contribution in [2.45, 2.75) is 26.4 Å². The van der Waals surface area contributed by atoms with Crippen LogP contribution in [0.25, 0.3) is 11.0 Å². The number of nitrogens with one attached hydrogen (secondary N) is 1. The maximum atomic E-state index is 11.9.